The Balaban J connectivity index is 1.69. The number of fused-ring (bicyclic) bond motifs is 1. The molecule has 3 N–H and O–H groups in total. The van der Waals surface area contributed by atoms with Crippen LogP contribution in [-0.4, -0.2) is 31.0 Å². The van der Waals surface area contributed by atoms with E-state index in [-0.39, 0.29) is 16.5 Å². The van der Waals surface area contributed by atoms with Crippen LogP contribution in [0.4, 0.5) is 0 Å². The van der Waals surface area contributed by atoms with Crippen LogP contribution in [-0.2, 0) is 16.4 Å². The zero-order valence-corrected chi connectivity index (χ0v) is 11.9. The summed E-state index contributed by atoms with van der Waals surface area (Å²) in [7, 11) is -3.69. The summed E-state index contributed by atoms with van der Waals surface area (Å²) in [6.07, 6.45) is 2.03. The topological polar surface area (TPSA) is 99.3 Å². The highest BCUT2D eigenvalue weighted by molar-refractivity contribution is 7.89. The number of carboxylic acids is 1. The molecule has 1 aliphatic carbocycles. The molecular formula is C14H14N2O4S. The van der Waals surface area contributed by atoms with Crippen molar-refractivity contribution in [2.45, 2.75) is 17.2 Å². The minimum Gasteiger partial charge on any atom is -0.477 e. The number of sulfonamides is 1. The Morgan fingerprint density at radius 2 is 2.14 bits per heavy atom. The summed E-state index contributed by atoms with van der Waals surface area (Å²) in [6.45, 7) is 0.312. The molecule has 0 spiro atoms. The number of hydrogen-bond acceptors (Lipinski definition) is 3. The van der Waals surface area contributed by atoms with Gasteiger partial charge in [-0.25, -0.2) is 17.9 Å². The molecule has 7 heteroatoms. The number of aromatic carboxylic acids is 1. The lowest BCUT2D eigenvalue weighted by Gasteiger charge is -2.30. The molecule has 1 aromatic carbocycles. The third kappa shape index (κ3) is 2.57. The van der Waals surface area contributed by atoms with Crippen molar-refractivity contribution < 1.29 is 18.3 Å². The van der Waals surface area contributed by atoms with E-state index >= 15 is 0 Å². The van der Waals surface area contributed by atoms with Gasteiger partial charge in [-0.05, 0) is 23.6 Å². The number of hydrogen-bond donors (Lipinski definition) is 3. The minimum absolute atomic E-state index is 0.0625. The van der Waals surface area contributed by atoms with Gasteiger partial charge in [0.2, 0.25) is 10.0 Å². The number of rotatable bonds is 5. The van der Waals surface area contributed by atoms with Gasteiger partial charge in [0.05, 0.1) is 0 Å². The summed E-state index contributed by atoms with van der Waals surface area (Å²) in [5, 5.41) is 8.79. The Hall–Kier alpha value is -2.12. The summed E-state index contributed by atoms with van der Waals surface area (Å²) >= 11 is 0. The number of carbonyl (C=O) groups is 1. The second-order valence-corrected chi connectivity index (χ2v) is 6.77. The minimum atomic E-state index is -3.69. The first-order valence-corrected chi connectivity index (χ1v) is 7.95. The van der Waals surface area contributed by atoms with Crippen LogP contribution >= 0.6 is 0 Å². The molecule has 1 aliphatic rings. The molecule has 1 heterocycles. The fourth-order valence-corrected chi connectivity index (χ4v) is 3.57. The van der Waals surface area contributed by atoms with E-state index in [2.05, 4.69) is 9.71 Å². The molecular weight excluding hydrogens is 292 g/mol. The van der Waals surface area contributed by atoms with Crippen LogP contribution in [0.15, 0.2) is 41.4 Å². The molecule has 6 nitrogen and oxygen atoms in total. The van der Waals surface area contributed by atoms with E-state index in [0.717, 1.165) is 12.5 Å². The van der Waals surface area contributed by atoms with Gasteiger partial charge in [0.15, 0.2) is 0 Å². The van der Waals surface area contributed by atoms with E-state index in [0.29, 0.717) is 6.54 Å². The van der Waals surface area contributed by atoms with Gasteiger partial charge >= 0.3 is 5.97 Å². The van der Waals surface area contributed by atoms with E-state index in [1.165, 1.54) is 17.3 Å². The molecule has 3 rings (SSSR count). The number of carboxylic acid groups (broad SMARTS) is 1. The highest BCUT2D eigenvalue weighted by atomic mass is 32.2. The van der Waals surface area contributed by atoms with Crippen LogP contribution in [0.5, 0.6) is 0 Å². The van der Waals surface area contributed by atoms with Gasteiger partial charge in [-0.1, -0.05) is 24.3 Å². The summed E-state index contributed by atoms with van der Waals surface area (Å²) in [5.41, 5.74) is 2.27. The number of benzene rings is 1. The van der Waals surface area contributed by atoms with Crippen molar-refractivity contribution in [2.75, 3.05) is 6.54 Å². The third-order valence-corrected chi connectivity index (χ3v) is 5.08. The van der Waals surface area contributed by atoms with E-state index < -0.39 is 16.0 Å². The van der Waals surface area contributed by atoms with Crippen molar-refractivity contribution in [1.82, 2.24) is 9.71 Å². The maximum atomic E-state index is 12.1. The smallest absolute Gasteiger partial charge is 0.352 e. The van der Waals surface area contributed by atoms with Gasteiger partial charge in [-0.15, -0.1) is 0 Å². The highest BCUT2D eigenvalue weighted by Crippen LogP contribution is 2.34. The first-order valence-electron chi connectivity index (χ1n) is 6.46. The third-order valence-electron chi connectivity index (χ3n) is 3.68. The van der Waals surface area contributed by atoms with Crippen molar-refractivity contribution in [3.8, 4) is 0 Å². The molecule has 2 aromatic rings. The lowest BCUT2D eigenvalue weighted by molar-refractivity contribution is 0.0691. The molecule has 0 saturated heterocycles. The monoisotopic (exact) mass is 306 g/mol. The van der Waals surface area contributed by atoms with E-state index in [1.54, 1.807) is 0 Å². The van der Waals surface area contributed by atoms with E-state index in [4.69, 9.17) is 5.11 Å². The Labute approximate surface area is 121 Å². The molecule has 0 bridgehead atoms. The van der Waals surface area contributed by atoms with E-state index in [1.807, 2.05) is 24.3 Å². The standard InChI is InChI=1S/C14H14N2O4S/c17-14(18)13-6-11(8-15-13)21(19,20)16-7-10-5-9-3-1-2-4-12(9)10/h1-4,6,8,10,15-16H,5,7H2,(H,17,18). The molecule has 0 aliphatic heterocycles. The first-order chi connectivity index (χ1) is 9.97. The maximum Gasteiger partial charge on any atom is 0.352 e. The van der Waals surface area contributed by atoms with Crippen LogP contribution < -0.4 is 4.72 Å². The number of aromatic nitrogens is 1. The van der Waals surface area contributed by atoms with Crippen LogP contribution in [0.2, 0.25) is 0 Å². The summed E-state index contributed by atoms with van der Waals surface area (Å²) in [6, 6.07) is 9.04. The maximum absolute atomic E-state index is 12.1. The zero-order valence-electron chi connectivity index (χ0n) is 11.0. The largest absolute Gasteiger partial charge is 0.477 e. The van der Waals surface area contributed by atoms with Crippen molar-refractivity contribution in [1.29, 1.82) is 0 Å². The fraction of sp³-hybridized carbons (Fsp3) is 0.214. The Bertz CT molecular complexity index is 795. The zero-order chi connectivity index (χ0) is 15.0. The number of nitrogens with one attached hydrogen (secondary N) is 2. The summed E-state index contributed by atoms with van der Waals surface area (Å²) < 4.78 is 26.7. The second-order valence-electron chi connectivity index (χ2n) is 5.01. The molecule has 110 valence electrons. The number of H-pyrrole nitrogens is 1. The molecule has 0 radical (unpaired) electrons. The molecule has 1 atom stereocenters. The Morgan fingerprint density at radius 3 is 2.81 bits per heavy atom. The van der Waals surface area contributed by atoms with Crippen molar-refractivity contribution >= 4 is 16.0 Å². The van der Waals surface area contributed by atoms with Gasteiger partial charge in [0.1, 0.15) is 10.6 Å². The predicted octanol–water partition coefficient (Wildman–Crippen LogP) is 1.33. The van der Waals surface area contributed by atoms with Gasteiger partial charge in [-0.2, -0.15) is 0 Å². The predicted molar refractivity (Wildman–Crippen MR) is 75.8 cm³/mol. The highest BCUT2D eigenvalue weighted by Gasteiger charge is 2.27. The molecule has 21 heavy (non-hydrogen) atoms. The summed E-state index contributed by atoms with van der Waals surface area (Å²) in [4.78, 5) is 13.1. The first kappa shape index (κ1) is 13.8. The van der Waals surface area contributed by atoms with Gasteiger partial charge in [0.25, 0.3) is 0 Å². The average molecular weight is 306 g/mol. The molecule has 0 amide bonds. The quantitative estimate of drug-likeness (QED) is 0.776. The normalized spacial score (nSPS) is 17.0. The molecule has 1 aromatic heterocycles. The van der Waals surface area contributed by atoms with Crippen LogP contribution in [0, 0.1) is 0 Å². The molecule has 1 unspecified atom stereocenters. The van der Waals surface area contributed by atoms with Crippen LogP contribution in [0.1, 0.15) is 27.5 Å². The summed E-state index contributed by atoms with van der Waals surface area (Å²) in [5.74, 6) is -1.02. The second kappa shape index (κ2) is 5.01. The van der Waals surface area contributed by atoms with Gasteiger partial charge in [0, 0.05) is 18.7 Å². The molecule has 0 saturated carbocycles. The molecule has 0 fully saturated rings. The Morgan fingerprint density at radius 1 is 1.38 bits per heavy atom. The number of aromatic amines is 1. The van der Waals surface area contributed by atoms with Crippen molar-refractivity contribution in [2.24, 2.45) is 0 Å². The van der Waals surface area contributed by atoms with E-state index in [9.17, 15) is 13.2 Å². The lowest BCUT2D eigenvalue weighted by atomic mass is 9.78. The average Bonchev–Trinajstić information content (AvgIpc) is 2.90. The van der Waals surface area contributed by atoms with Crippen molar-refractivity contribution in [3.05, 3.63) is 53.3 Å². The van der Waals surface area contributed by atoms with Crippen molar-refractivity contribution in [3.63, 3.8) is 0 Å². The van der Waals surface area contributed by atoms with Gasteiger partial charge < -0.3 is 10.1 Å². The fourth-order valence-electron chi connectivity index (χ4n) is 2.49. The van der Waals surface area contributed by atoms with Gasteiger partial charge in [-0.3, -0.25) is 0 Å². The Kier molecular flexibility index (Phi) is 3.30. The lowest BCUT2D eigenvalue weighted by Crippen LogP contribution is -2.33. The SMILES string of the molecule is O=C(O)c1cc(S(=O)(=O)NCC2Cc3ccccc32)c[nH]1. The van der Waals surface area contributed by atoms with Crippen LogP contribution in [0.25, 0.3) is 0 Å². The van der Waals surface area contributed by atoms with Crippen LogP contribution in [0.3, 0.4) is 0 Å².